The van der Waals surface area contributed by atoms with E-state index in [1.54, 1.807) is 12.1 Å². The summed E-state index contributed by atoms with van der Waals surface area (Å²) in [5.74, 6) is 0.140. The van der Waals surface area contributed by atoms with Crippen LogP contribution in [0.25, 0.3) is 0 Å². The molecule has 0 saturated carbocycles. The fraction of sp³-hybridized carbons (Fsp3) is 0.462. The monoisotopic (exact) mass is 322 g/mol. The first-order valence-corrected chi connectivity index (χ1v) is 6.77. The van der Waals surface area contributed by atoms with Gasteiger partial charge in [0.25, 0.3) is 0 Å². The number of hydrogen-bond acceptors (Lipinski definition) is 2. The van der Waals surface area contributed by atoms with Crippen molar-refractivity contribution in [2.24, 2.45) is 0 Å². The van der Waals surface area contributed by atoms with Crippen molar-refractivity contribution in [3.05, 3.63) is 33.8 Å². The third kappa shape index (κ3) is 4.53. The van der Waals surface area contributed by atoms with Gasteiger partial charge in [-0.2, -0.15) is 0 Å². The van der Waals surface area contributed by atoms with Crippen LogP contribution < -0.4 is 5.32 Å². The smallest absolute Gasteiger partial charge is 0.227 e. The van der Waals surface area contributed by atoms with Crippen LogP contribution in [0.2, 0.25) is 10.0 Å². The van der Waals surface area contributed by atoms with Crippen LogP contribution in [-0.2, 0) is 11.2 Å². The van der Waals surface area contributed by atoms with Crippen LogP contribution >= 0.6 is 35.6 Å². The van der Waals surface area contributed by atoms with E-state index < -0.39 is 0 Å². The Bertz CT molecular complexity index is 454. The Hall–Kier alpha value is -0.480. The van der Waals surface area contributed by atoms with E-state index in [2.05, 4.69) is 12.2 Å². The van der Waals surface area contributed by atoms with Crippen molar-refractivity contribution in [1.82, 2.24) is 10.2 Å². The third-order valence-corrected chi connectivity index (χ3v) is 3.80. The normalized spacial score (nSPS) is 18.9. The molecule has 3 nitrogen and oxygen atoms in total. The topological polar surface area (TPSA) is 32.3 Å². The highest BCUT2D eigenvalue weighted by Crippen LogP contribution is 2.23. The van der Waals surface area contributed by atoms with E-state index in [-0.39, 0.29) is 18.3 Å². The fourth-order valence-electron chi connectivity index (χ4n) is 2.09. The van der Waals surface area contributed by atoms with E-state index in [1.165, 1.54) is 0 Å². The summed E-state index contributed by atoms with van der Waals surface area (Å²) in [6.07, 6.45) is 0.379. The zero-order chi connectivity index (χ0) is 13.1. The van der Waals surface area contributed by atoms with Gasteiger partial charge in [0.2, 0.25) is 5.91 Å². The van der Waals surface area contributed by atoms with Gasteiger partial charge in [-0.15, -0.1) is 12.4 Å². The molecule has 1 fully saturated rings. The second-order valence-electron chi connectivity index (χ2n) is 4.62. The molecule has 0 aliphatic carbocycles. The van der Waals surface area contributed by atoms with Crippen molar-refractivity contribution in [2.45, 2.75) is 19.4 Å². The van der Waals surface area contributed by atoms with Gasteiger partial charge >= 0.3 is 0 Å². The van der Waals surface area contributed by atoms with Gasteiger partial charge in [0, 0.05) is 25.7 Å². The van der Waals surface area contributed by atoms with E-state index in [1.807, 2.05) is 11.0 Å². The highest BCUT2D eigenvalue weighted by molar-refractivity contribution is 6.42. The van der Waals surface area contributed by atoms with Gasteiger partial charge in [0.15, 0.2) is 0 Å². The molecule has 0 unspecified atom stereocenters. The lowest BCUT2D eigenvalue weighted by atomic mass is 10.1. The SMILES string of the molecule is C[C@@H]1CN(C(=O)Cc2ccc(Cl)c(Cl)c2)CCN1.Cl. The van der Waals surface area contributed by atoms with Crippen LogP contribution in [0.3, 0.4) is 0 Å². The zero-order valence-electron chi connectivity index (χ0n) is 10.7. The predicted octanol–water partition coefficient (Wildman–Crippen LogP) is 2.78. The molecule has 1 atom stereocenters. The minimum atomic E-state index is 0. The third-order valence-electron chi connectivity index (χ3n) is 3.06. The standard InChI is InChI=1S/C13H16Cl2N2O.ClH/c1-9-8-17(5-4-16-9)13(18)7-10-2-3-11(14)12(15)6-10;/h2-3,6,9,16H,4-5,7-8H2,1H3;1H/t9-;/m1./s1. The van der Waals surface area contributed by atoms with Gasteiger partial charge in [0.1, 0.15) is 0 Å². The highest BCUT2D eigenvalue weighted by atomic mass is 35.5. The molecule has 0 bridgehead atoms. The van der Waals surface area contributed by atoms with E-state index in [4.69, 9.17) is 23.2 Å². The van der Waals surface area contributed by atoms with E-state index in [0.717, 1.165) is 25.2 Å². The molecule has 0 aromatic heterocycles. The highest BCUT2D eigenvalue weighted by Gasteiger charge is 2.20. The van der Waals surface area contributed by atoms with E-state index in [0.29, 0.717) is 22.5 Å². The van der Waals surface area contributed by atoms with Crippen molar-refractivity contribution in [1.29, 1.82) is 0 Å². The number of amides is 1. The minimum Gasteiger partial charge on any atom is -0.340 e. The van der Waals surface area contributed by atoms with Gasteiger partial charge in [-0.25, -0.2) is 0 Å². The van der Waals surface area contributed by atoms with Crippen LogP contribution in [0.15, 0.2) is 18.2 Å². The summed E-state index contributed by atoms with van der Waals surface area (Å²) in [4.78, 5) is 14.0. The molecule has 2 rings (SSSR count). The number of nitrogens with zero attached hydrogens (tertiary/aromatic N) is 1. The van der Waals surface area contributed by atoms with E-state index in [9.17, 15) is 4.79 Å². The molecule has 0 radical (unpaired) electrons. The number of benzene rings is 1. The number of rotatable bonds is 2. The van der Waals surface area contributed by atoms with Gasteiger partial charge in [-0.3, -0.25) is 4.79 Å². The summed E-state index contributed by atoms with van der Waals surface area (Å²) in [7, 11) is 0. The molecule has 1 aromatic carbocycles. The van der Waals surface area contributed by atoms with Gasteiger partial charge < -0.3 is 10.2 Å². The maximum Gasteiger partial charge on any atom is 0.227 e. The molecule has 1 N–H and O–H groups in total. The maximum atomic E-state index is 12.1. The number of nitrogens with one attached hydrogen (secondary N) is 1. The van der Waals surface area contributed by atoms with Crippen LogP contribution in [0.1, 0.15) is 12.5 Å². The first kappa shape index (κ1) is 16.6. The van der Waals surface area contributed by atoms with Crippen LogP contribution in [0, 0.1) is 0 Å². The molecule has 106 valence electrons. The molecule has 1 amide bonds. The van der Waals surface area contributed by atoms with Crippen molar-refractivity contribution in [3.63, 3.8) is 0 Å². The minimum absolute atomic E-state index is 0. The second-order valence-corrected chi connectivity index (χ2v) is 5.43. The Morgan fingerprint density at radius 2 is 2.16 bits per heavy atom. The van der Waals surface area contributed by atoms with Gasteiger partial charge in [0.05, 0.1) is 16.5 Å². The number of carbonyl (C=O) groups is 1. The summed E-state index contributed by atoms with van der Waals surface area (Å²) in [6, 6.07) is 5.69. The van der Waals surface area contributed by atoms with Crippen LogP contribution in [0.4, 0.5) is 0 Å². The second kappa shape index (κ2) is 7.34. The number of hydrogen-bond donors (Lipinski definition) is 1. The average Bonchev–Trinajstić information content (AvgIpc) is 2.34. The number of halogens is 3. The first-order valence-electron chi connectivity index (χ1n) is 6.01. The summed E-state index contributed by atoms with van der Waals surface area (Å²) < 4.78 is 0. The Balaban J connectivity index is 0.00000180. The molecule has 6 heteroatoms. The van der Waals surface area contributed by atoms with Crippen molar-refractivity contribution < 1.29 is 4.79 Å². The summed E-state index contributed by atoms with van der Waals surface area (Å²) >= 11 is 11.8. The zero-order valence-corrected chi connectivity index (χ0v) is 13.0. The van der Waals surface area contributed by atoms with E-state index >= 15 is 0 Å². The van der Waals surface area contributed by atoms with Crippen molar-refractivity contribution in [2.75, 3.05) is 19.6 Å². The number of piperazine rings is 1. The molecule has 19 heavy (non-hydrogen) atoms. The summed E-state index contributed by atoms with van der Waals surface area (Å²) in [5.41, 5.74) is 0.903. The molecule has 1 aliphatic heterocycles. The molecule has 1 aromatic rings. The Morgan fingerprint density at radius 1 is 1.42 bits per heavy atom. The average molecular weight is 324 g/mol. The molecule has 0 spiro atoms. The molecule has 1 heterocycles. The molecular weight excluding hydrogens is 307 g/mol. The Labute approximate surface area is 129 Å². The molecule has 1 aliphatic rings. The predicted molar refractivity (Wildman–Crippen MR) is 81.5 cm³/mol. The number of carbonyl (C=O) groups excluding carboxylic acids is 1. The lowest BCUT2D eigenvalue weighted by molar-refractivity contribution is -0.131. The summed E-state index contributed by atoms with van der Waals surface area (Å²) in [5, 5.41) is 4.33. The van der Waals surface area contributed by atoms with Gasteiger partial charge in [-0.05, 0) is 24.6 Å². The quantitative estimate of drug-likeness (QED) is 0.907. The fourth-order valence-corrected chi connectivity index (χ4v) is 2.42. The van der Waals surface area contributed by atoms with Gasteiger partial charge in [-0.1, -0.05) is 29.3 Å². The molecular formula is C13H17Cl3N2O. The Morgan fingerprint density at radius 3 is 2.79 bits per heavy atom. The van der Waals surface area contributed by atoms with Crippen molar-refractivity contribution >= 4 is 41.5 Å². The lowest BCUT2D eigenvalue weighted by Crippen LogP contribution is -2.51. The Kier molecular flexibility index (Phi) is 6.40. The first-order chi connectivity index (χ1) is 8.56. The van der Waals surface area contributed by atoms with Crippen LogP contribution in [-0.4, -0.2) is 36.5 Å². The summed E-state index contributed by atoms with van der Waals surface area (Å²) in [6.45, 7) is 4.47. The van der Waals surface area contributed by atoms with Crippen molar-refractivity contribution in [3.8, 4) is 0 Å². The van der Waals surface area contributed by atoms with Crippen LogP contribution in [0.5, 0.6) is 0 Å². The maximum absolute atomic E-state index is 12.1. The largest absolute Gasteiger partial charge is 0.340 e. The molecule has 1 saturated heterocycles. The lowest BCUT2D eigenvalue weighted by Gasteiger charge is -2.32.